The fourth-order valence-corrected chi connectivity index (χ4v) is 2.43. The summed E-state index contributed by atoms with van der Waals surface area (Å²) >= 11 is 0. The summed E-state index contributed by atoms with van der Waals surface area (Å²) in [7, 11) is 0. The van der Waals surface area contributed by atoms with Gasteiger partial charge in [0.05, 0.1) is 11.9 Å². The highest BCUT2D eigenvalue weighted by Crippen LogP contribution is 2.62. The van der Waals surface area contributed by atoms with Gasteiger partial charge in [-0.2, -0.15) is 0 Å². The zero-order valence-corrected chi connectivity index (χ0v) is 10.4. The smallest absolute Gasteiger partial charge is 0.133 e. The van der Waals surface area contributed by atoms with Crippen molar-refractivity contribution < 1.29 is 5.11 Å². The third-order valence-corrected chi connectivity index (χ3v) is 4.32. The molecule has 1 fully saturated rings. The molecule has 3 nitrogen and oxygen atoms in total. The number of hydrogen-bond donors (Lipinski definition) is 2. The molecule has 1 aromatic rings. The zero-order chi connectivity index (χ0) is 12.0. The number of aromatic hydroxyl groups is 1. The van der Waals surface area contributed by atoms with Gasteiger partial charge < -0.3 is 10.4 Å². The van der Waals surface area contributed by atoms with Crippen LogP contribution in [0.3, 0.4) is 0 Å². The van der Waals surface area contributed by atoms with Crippen LogP contribution < -0.4 is 5.32 Å². The molecule has 16 heavy (non-hydrogen) atoms. The van der Waals surface area contributed by atoms with E-state index in [0.29, 0.717) is 16.9 Å². The van der Waals surface area contributed by atoms with Crippen molar-refractivity contribution in [2.45, 2.75) is 40.3 Å². The van der Waals surface area contributed by atoms with Crippen molar-refractivity contribution in [3.63, 3.8) is 0 Å². The van der Waals surface area contributed by atoms with E-state index in [1.54, 1.807) is 6.07 Å². The molecule has 1 heterocycles. The first-order chi connectivity index (χ1) is 7.35. The van der Waals surface area contributed by atoms with Crippen molar-refractivity contribution in [3.05, 3.63) is 24.0 Å². The number of nitrogens with zero attached hydrogens (tertiary/aromatic N) is 1. The predicted octanol–water partition coefficient (Wildman–Crippen LogP) is 2.31. The van der Waals surface area contributed by atoms with Crippen molar-refractivity contribution in [2.75, 3.05) is 0 Å². The van der Waals surface area contributed by atoms with Crippen molar-refractivity contribution in [3.8, 4) is 5.75 Å². The first-order valence-electron chi connectivity index (χ1n) is 5.73. The first-order valence-corrected chi connectivity index (χ1v) is 5.73. The fourth-order valence-electron chi connectivity index (χ4n) is 2.43. The number of hydrogen-bond acceptors (Lipinski definition) is 3. The second-order valence-electron chi connectivity index (χ2n) is 5.77. The molecule has 1 saturated carbocycles. The van der Waals surface area contributed by atoms with E-state index in [4.69, 9.17) is 5.11 Å². The zero-order valence-electron chi connectivity index (χ0n) is 10.4. The average molecular weight is 220 g/mol. The third-order valence-electron chi connectivity index (χ3n) is 4.32. The second-order valence-corrected chi connectivity index (χ2v) is 5.77. The fraction of sp³-hybridized carbons (Fsp3) is 0.615. The molecule has 2 rings (SSSR count). The van der Waals surface area contributed by atoms with E-state index in [2.05, 4.69) is 38.0 Å². The molecule has 0 spiro atoms. The molecule has 2 N–H and O–H groups in total. The van der Waals surface area contributed by atoms with Crippen LogP contribution in [0.25, 0.3) is 0 Å². The van der Waals surface area contributed by atoms with Crippen LogP contribution >= 0.6 is 0 Å². The molecule has 0 saturated heterocycles. The lowest BCUT2D eigenvalue weighted by Gasteiger charge is -2.05. The summed E-state index contributed by atoms with van der Waals surface area (Å²) in [5.74, 6) is 0.218. The largest absolute Gasteiger partial charge is 0.506 e. The van der Waals surface area contributed by atoms with Gasteiger partial charge in [0.25, 0.3) is 0 Å². The van der Waals surface area contributed by atoms with Gasteiger partial charge in [-0.3, -0.25) is 4.98 Å². The van der Waals surface area contributed by atoms with Crippen molar-refractivity contribution in [1.82, 2.24) is 10.3 Å². The Kier molecular flexibility index (Phi) is 2.46. The lowest BCUT2D eigenvalue weighted by Crippen LogP contribution is -2.22. The van der Waals surface area contributed by atoms with Gasteiger partial charge in [-0.1, -0.05) is 27.7 Å². The van der Waals surface area contributed by atoms with E-state index in [-0.39, 0.29) is 5.75 Å². The van der Waals surface area contributed by atoms with Crippen molar-refractivity contribution >= 4 is 0 Å². The van der Waals surface area contributed by atoms with E-state index in [1.165, 1.54) is 6.20 Å². The minimum atomic E-state index is 0.218. The maximum absolute atomic E-state index is 9.13. The molecule has 1 aliphatic carbocycles. The molecule has 3 heteroatoms. The van der Waals surface area contributed by atoms with Gasteiger partial charge in [-0.05, 0) is 23.0 Å². The van der Waals surface area contributed by atoms with E-state index in [9.17, 15) is 0 Å². The Labute approximate surface area is 96.9 Å². The van der Waals surface area contributed by atoms with Gasteiger partial charge in [0, 0.05) is 12.6 Å². The van der Waals surface area contributed by atoms with Crippen LogP contribution in [-0.4, -0.2) is 16.1 Å². The van der Waals surface area contributed by atoms with Gasteiger partial charge in [-0.25, -0.2) is 0 Å². The summed E-state index contributed by atoms with van der Waals surface area (Å²) in [4.78, 5) is 4.16. The highest BCUT2D eigenvalue weighted by molar-refractivity contribution is 5.20. The minimum Gasteiger partial charge on any atom is -0.506 e. The van der Waals surface area contributed by atoms with E-state index in [0.717, 1.165) is 12.2 Å². The van der Waals surface area contributed by atoms with Crippen molar-refractivity contribution in [1.29, 1.82) is 0 Å². The molecule has 1 aromatic heterocycles. The van der Waals surface area contributed by atoms with Gasteiger partial charge in [-0.15, -0.1) is 0 Å². The van der Waals surface area contributed by atoms with E-state index in [1.807, 2.05) is 6.07 Å². The Bertz CT molecular complexity index is 367. The normalized spacial score (nSPS) is 22.0. The number of rotatable bonds is 3. The molecule has 1 aliphatic rings. The molecule has 88 valence electrons. The SMILES string of the molecule is CC1(C)C(NCc2ccc(O)cn2)C1(C)C. The maximum Gasteiger partial charge on any atom is 0.133 e. The molecule has 0 amide bonds. The van der Waals surface area contributed by atoms with Crippen LogP contribution in [-0.2, 0) is 6.54 Å². The summed E-state index contributed by atoms with van der Waals surface area (Å²) in [6, 6.07) is 4.06. The topological polar surface area (TPSA) is 45.1 Å². The van der Waals surface area contributed by atoms with Crippen LogP contribution in [0.15, 0.2) is 18.3 Å². The lowest BCUT2D eigenvalue weighted by atomic mass is 10.0. The monoisotopic (exact) mass is 220 g/mol. The van der Waals surface area contributed by atoms with Crippen LogP contribution in [0.4, 0.5) is 0 Å². The summed E-state index contributed by atoms with van der Waals surface area (Å²) in [6.07, 6.45) is 1.49. The maximum atomic E-state index is 9.13. The molecule has 0 aliphatic heterocycles. The van der Waals surface area contributed by atoms with Crippen LogP contribution in [0.5, 0.6) is 5.75 Å². The second kappa shape index (κ2) is 3.45. The van der Waals surface area contributed by atoms with Gasteiger partial charge in [0.1, 0.15) is 5.75 Å². The van der Waals surface area contributed by atoms with Crippen LogP contribution in [0.2, 0.25) is 0 Å². The third kappa shape index (κ3) is 1.69. The summed E-state index contributed by atoms with van der Waals surface area (Å²) in [5.41, 5.74) is 1.67. The molecule has 0 aromatic carbocycles. The first kappa shape index (κ1) is 11.4. The summed E-state index contributed by atoms with van der Waals surface area (Å²) in [6.45, 7) is 9.91. The van der Waals surface area contributed by atoms with Crippen LogP contribution in [0, 0.1) is 10.8 Å². The van der Waals surface area contributed by atoms with Crippen molar-refractivity contribution in [2.24, 2.45) is 10.8 Å². The van der Waals surface area contributed by atoms with Gasteiger partial charge in [0.15, 0.2) is 0 Å². The molecular formula is C13H20N2O. The van der Waals surface area contributed by atoms with E-state index >= 15 is 0 Å². The lowest BCUT2D eigenvalue weighted by molar-refractivity contribution is 0.457. The molecule has 0 unspecified atom stereocenters. The Morgan fingerprint density at radius 3 is 2.31 bits per heavy atom. The quantitative estimate of drug-likeness (QED) is 0.821. The molecule has 0 radical (unpaired) electrons. The standard InChI is InChI=1S/C13H20N2O/c1-12(2)11(13(12,3)4)15-7-9-5-6-10(16)8-14-9/h5-6,8,11,15-16H,7H2,1-4H3. The highest BCUT2D eigenvalue weighted by atomic mass is 16.3. The predicted molar refractivity (Wildman–Crippen MR) is 64.1 cm³/mol. The number of nitrogens with one attached hydrogen (secondary N) is 1. The summed E-state index contributed by atoms with van der Waals surface area (Å²) in [5, 5.41) is 12.7. The number of aromatic nitrogens is 1. The Morgan fingerprint density at radius 2 is 1.88 bits per heavy atom. The Morgan fingerprint density at radius 1 is 1.25 bits per heavy atom. The van der Waals surface area contributed by atoms with Gasteiger partial charge >= 0.3 is 0 Å². The van der Waals surface area contributed by atoms with E-state index < -0.39 is 0 Å². The van der Waals surface area contributed by atoms with Crippen LogP contribution in [0.1, 0.15) is 33.4 Å². The minimum absolute atomic E-state index is 0.218. The van der Waals surface area contributed by atoms with Gasteiger partial charge in [0.2, 0.25) is 0 Å². The molecular weight excluding hydrogens is 200 g/mol. The molecule has 0 atom stereocenters. The highest BCUT2D eigenvalue weighted by Gasteiger charge is 2.64. The summed E-state index contributed by atoms with van der Waals surface area (Å²) < 4.78 is 0. The molecule has 0 bridgehead atoms. The average Bonchev–Trinajstić information content (AvgIpc) is 2.58. The Balaban J connectivity index is 1.93. The Hall–Kier alpha value is -1.09. The number of pyridine rings is 1.